The molecule has 0 amide bonds. The van der Waals surface area contributed by atoms with E-state index in [0.717, 1.165) is 16.4 Å². The Morgan fingerprint density at radius 1 is 1.29 bits per heavy atom. The Morgan fingerprint density at radius 2 is 1.86 bits per heavy atom. The van der Waals surface area contributed by atoms with E-state index in [2.05, 4.69) is 0 Å². The zero-order valence-electron chi connectivity index (χ0n) is 12.2. The highest BCUT2D eigenvalue weighted by Gasteiger charge is 2.25. The fourth-order valence-corrected chi connectivity index (χ4v) is 2.88. The number of hydrogen-bond donors (Lipinski definition) is 1. The van der Waals surface area contributed by atoms with Crippen LogP contribution in [0.25, 0.3) is 0 Å². The molecule has 21 heavy (non-hydrogen) atoms. The fourth-order valence-electron chi connectivity index (χ4n) is 1.63. The quantitative estimate of drug-likeness (QED) is 0.863. The molecule has 0 aliphatic carbocycles. The normalized spacial score (nSPS) is 13.3. The topological polar surface area (TPSA) is 63.4 Å². The molecule has 1 atom stereocenters. The molecule has 4 nitrogen and oxygen atoms in total. The molecule has 1 aromatic carbocycles. The van der Waals surface area contributed by atoms with E-state index in [4.69, 9.17) is 5.73 Å². The maximum Gasteiger partial charge on any atom is 0.245 e. The van der Waals surface area contributed by atoms with Gasteiger partial charge in [-0.15, -0.1) is 12.4 Å². The summed E-state index contributed by atoms with van der Waals surface area (Å²) in [4.78, 5) is -0.655. The fraction of sp³-hybridized carbons (Fsp3) is 0.538. The first kappa shape index (κ1) is 20.2. The van der Waals surface area contributed by atoms with Crippen LogP contribution in [0.1, 0.15) is 20.3 Å². The lowest BCUT2D eigenvalue weighted by Gasteiger charge is -2.21. The lowest BCUT2D eigenvalue weighted by atomic mass is 10.0. The smallest absolute Gasteiger partial charge is 0.245 e. The predicted octanol–water partition coefficient (Wildman–Crippen LogP) is 2.38. The van der Waals surface area contributed by atoms with Crippen molar-refractivity contribution in [3.8, 4) is 0 Å². The van der Waals surface area contributed by atoms with Gasteiger partial charge in [0.25, 0.3) is 0 Å². The van der Waals surface area contributed by atoms with E-state index in [9.17, 15) is 17.2 Å². The van der Waals surface area contributed by atoms with Gasteiger partial charge in [0.1, 0.15) is 16.5 Å². The number of nitrogens with two attached hydrogens (primary N) is 1. The summed E-state index contributed by atoms with van der Waals surface area (Å²) in [6.07, 6.45) is 0.449. The zero-order chi connectivity index (χ0) is 15.5. The Kier molecular flexibility index (Phi) is 7.74. The molecule has 0 bridgehead atoms. The minimum atomic E-state index is -4.05. The molecule has 0 radical (unpaired) electrons. The van der Waals surface area contributed by atoms with Crippen LogP contribution in [0.5, 0.6) is 0 Å². The molecule has 0 aliphatic rings. The number of hydrogen-bond acceptors (Lipinski definition) is 3. The Hall–Kier alpha value is -0.760. The van der Waals surface area contributed by atoms with Crippen molar-refractivity contribution in [2.75, 3.05) is 13.6 Å². The second-order valence-corrected chi connectivity index (χ2v) is 7.11. The summed E-state index contributed by atoms with van der Waals surface area (Å²) in [6.45, 7) is 4.02. The van der Waals surface area contributed by atoms with Gasteiger partial charge in [-0.2, -0.15) is 0 Å². The number of sulfonamides is 1. The SMILES string of the molecule is CC(C)C(N)CCN(C)S(=O)(=O)c1cc(F)ccc1F.Cl. The van der Waals surface area contributed by atoms with E-state index < -0.39 is 26.6 Å². The Morgan fingerprint density at radius 3 is 2.38 bits per heavy atom. The molecule has 1 aromatic rings. The van der Waals surface area contributed by atoms with Gasteiger partial charge in [-0.05, 0) is 30.5 Å². The third-order valence-electron chi connectivity index (χ3n) is 3.22. The standard InChI is InChI=1S/C13H20F2N2O2S.ClH/c1-9(2)12(16)6-7-17(3)20(18,19)13-8-10(14)4-5-11(13)15;/h4-5,8-9,12H,6-7,16H2,1-3H3;1H. The van der Waals surface area contributed by atoms with Gasteiger partial charge in [0.05, 0.1) is 0 Å². The average Bonchev–Trinajstić information content (AvgIpc) is 2.37. The molecule has 1 unspecified atom stereocenters. The molecule has 0 saturated heterocycles. The molecule has 0 saturated carbocycles. The minimum absolute atomic E-state index is 0. The van der Waals surface area contributed by atoms with Crippen LogP contribution in [-0.2, 0) is 10.0 Å². The van der Waals surface area contributed by atoms with Gasteiger partial charge in [-0.3, -0.25) is 0 Å². The van der Waals surface area contributed by atoms with Crippen LogP contribution in [0.3, 0.4) is 0 Å². The number of halogens is 3. The van der Waals surface area contributed by atoms with Crippen molar-refractivity contribution in [1.29, 1.82) is 0 Å². The minimum Gasteiger partial charge on any atom is -0.327 e. The largest absolute Gasteiger partial charge is 0.327 e. The van der Waals surface area contributed by atoms with Crippen LogP contribution < -0.4 is 5.73 Å². The summed E-state index contributed by atoms with van der Waals surface area (Å²) in [5.74, 6) is -1.54. The maximum absolute atomic E-state index is 13.6. The highest BCUT2D eigenvalue weighted by Crippen LogP contribution is 2.20. The molecule has 1 rings (SSSR count). The molecule has 0 fully saturated rings. The van der Waals surface area contributed by atoms with Crippen LogP contribution >= 0.6 is 12.4 Å². The molecule has 8 heteroatoms. The van der Waals surface area contributed by atoms with Gasteiger partial charge in [-0.25, -0.2) is 21.5 Å². The Bertz CT molecular complexity index is 567. The molecule has 122 valence electrons. The first-order valence-electron chi connectivity index (χ1n) is 6.33. The van der Waals surface area contributed by atoms with E-state index in [-0.39, 0.29) is 30.9 Å². The first-order chi connectivity index (χ1) is 9.16. The number of benzene rings is 1. The summed E-state index contributed by atoms with van der Waals surface area (Å²) < 4.78 is 52.0. The van der Waals surface area contributed by atoms with Crippen molar-refractivity contribution in [2.24, 2.45) is 11.7 Å². The van der Waals surface area contributed by atoms with Gasteiger partial charge in [0, 0.05) is 19.6 Å². The van der Waals surface area contributed by atoms with E-state index in [1.54, 1.807) is 0 Å². The second kappa shape index (κ2) is 8.03. The van der Waals surface area contributed by atoms with Gasteiger partial charge in [0.15, 0.2) is 0 Å². The summed E-state index contributed by atoms with van der Waals surface area (Å²) in [5, 5.41) is 0. The summed E-state index contributed by atoms with van der Waals surface area (Å²) in [5.41, 5.74) is 5.85. The van der Waals surface area contributed by atoms with Crippen LogP contribution in [0.4, 0.5) is 8.78 Å². The van der Waals surface area contributed by atoms with Crippen molar-refractivity contribution in [3.05, 3.63) is 29.8 Å². The molecule has 0 spiro atoms. The van der Waals surface area contributed by atoms with Crippen molar-refractivity contribution >= 4 is 22.4 Å². The first-order valence-corrected chi connectivity index (χ1v) is 7.77. The van der Waals surface area contributed by atoms with Gasteiger partial charge in [-0.1, -0.05) is 13.8 Å². The Labute approximate surface area is 130 Å². The van der Waals surface area contributed by atoms with Crippen molar-refractivity contribution in [2.45, 2.75) is 31.2 Å². The third-order valence-corrected chi connectivity index (χ3v) is 5.09. The van der Waals surface area contributed by atoms with Crippen molar-refractivity contribution < 1.29 is 17.2 Å². The monoisotopic (exact) mass is 342 g/mol. The van der Waals surface area contributed by atoms with Crippen LogP contribution in [0.15, 0.2) is 23.1 Å². The highest BCUT2D eigenvalue weighted by molar-refractivity contribution is 7.89. The van der Waals surface area contributed by atoms with E-state index in [0.29, 0.717) is 12.5 Å². The van der Waals surface area contributed by atoms with Gasteiger partial charge in [0.2, 0.25) is 10.0 Å². The van der Waals surface area contributed by atoms with Crippen LogP contribution in [-0.4, -0.2) is 32.4 Å². The number of rotatable bonds is 6. The molecular weight excluding hydrogens is 322 g/mol. The van der Waals surface area contributed by atoms with Crippen molar-refractivity contribution in [3.63, 3.8) is 0 Å². The lowest BCUT2D eigenvalue weighted by Crippen LogP contribution is -2.35. The second-order valence-electron chi connectivity index (χ2n) is 5.10. The summed E-state index contributed by atoms with van der Waals surface area (Å²) in [7, 11) is -2.72. The lowest BCUT2D eigenvalue weighted by molar-refractivity contribution is 0.395. The Balaban J connectivity index is 0.00000400. The van der Waals surface area contributed by atoms with Crippen molar-refractivity contribution in [1.82, 2.24) is 4.31 Å². The average molecular weight is 343 g/mol. The molecule has 0 aromatic heterocycles. The van der Waals surface area contributed by atoms with Gasteiger partial charge >= 0.3 is 0 Å². The summed E-state index contributed by atoms with van der Waals surface area (Å²) in [6, 6.07) is 2.22. The third kappa shape index (κ3) is 5.18. The van der Waals surface area contributed by atoms with Gasteiger partial charge < -0.3 is 5.73 Å². The van der Waals surface area contributed by atoms with Crippen LogP contribution in [0, 0.1) is 17.6 Å². The molecule has 0 heterocycles. The molecule has 2 N–H and O–H groups in total. The zero-order valence-corrected chi connectivity index (χ0v) is 13.8. The van der Waals surface area contributed by atoms with E-state index in [1.165, 1.54) is 7.05 Å². The highest BCUT2D eigenvalue weighted by atomic mass is 35.5. The molecule has 0 aliphatic heterocycles. The maximum atomic E-state index is 13.6. The summed E-state index contributed by atoms with van der Waals surface area (Å²) >= 11 is 0. The van der Waals surface area contributed by atoms with Crippen LogP contribution in [0.2, 0.25) is 0 Å². The molecular formula is C13H21ClF2N2O2S. The predicted molar refractivity (Wildman–Crippen MR) is 80.9 cm³/mol. The van der Waals surface area contributed by atoms with E-state index in [1.807, 2.05) is 13.8 Å². The number of nitrogens with zero attached hydrogens (tertiary/aromatic N) is 1. The van der Waals surface area contributed by atoms with E-state index >= 15 is 0 Å².